The molecule has 1 unspecified atom stereocenters. The van der Waals surface area contributed by atoms with E-state index in [2.05, 4.69) is 10.3 Å². The van der Waals surface area contributed by atoms with E-state index in [-0.39, 0.29) is 22.3 Å². The molecule has 11 heteroatoms. The molecule has 0 spiro atoms. The highest BCUT2D eigenvalue weighted by atomic mass is 35.5. The van der Waals surface area contributed by atoms with Crippen molar-refractivity contribution in [3.05, 3.63) is 125 Å². The summed E-state index contributed by atoms with van der Waals surface area (Å²) < 4.78 is 32.2. The maximum atomic E-state index is 13.0. The first-order valence-electron chi connectivity index (χ1n) is 13.6. The minimum absolute atomic E-state index is 0.0645. The van der Waals surface area contributed by atoms with Gasteiger partial charge in [0.2, 0.25) is 5.91 Å². The lowest BCUT2D eigenvalue weighted by molar-refractivity contribution is -0.123. The van der Waals surface area contributed by atoms with Gasteiger partial charge in [-0.05, 0) is 90.3 Å². The monoisotopic (exact) mass is 616 g/mol. The highest BCUT2D eigenvalue weighted by molar-refractivity contribution is 7.85. The van der Waals surface area contributed by atoms with Crippen LogP contribution in [0.25, 0.3) is 16.5 Å². The number of amides is 1. The number of hydrogen-bond donors (Lipinski definition) is 2. The van der Waals surface area contributed by atoms with Crippen molar-refractivity contribution in [2.75, 3.05) is 23.3 Å². The van der Waals surface area contributed by atoms with Gasteiger partial charge in [-0.3, -0.25) is 23.7 Å². The molecule has 0 saturated carbocycles. The summed E-state index contributed by atoms with van der Waals surface area (Å²) in [5.74, 6) is 0.0673. The molecule has 1 saturated heterocycles. The number of carbonyl (C=O) groups excluding carboxylic acids is 1. The van der Waals surface area contributed by atoms with E-state index in [4.69, 9.17) is 16.2 Å². The minimum atomic E-state index is -4.14. The molecular weight excluding hydrogens is 588 g/mol. The van der Waals surface area contributed by atoms with Crippen LogP contribution in [0.1, 0.15) is 12.8 Å². The quantitative estimate of drug-likeness (QED) is 0.230. The Morgan fingerprint density at radius 3 is 2.37 bits per heavy atom. The number of fused-ring (bicyclic) bond motifs is 1. The second kappa shape index (κ2) is 13.2. The average Bonchev–Trinajstić information content (AvgIpc) is 3.01. The third kappa shape index (κ3) is 7.47. The third-order valence-corrected chi connectivity index (χ3v) is 8.18. The molecule has 6 rings (SSSR count). The van der Waals surface area contributed by atoms with E-state index in [1.54, 1.807) is 53.5 Å². The van der Waals surface area contributed by atoms with Gasteiger partial charge in [0, 0.05) is 54.1 Å². The van der Waals surface area contributed by atoms with Crippen LogP contribution in [0.2, 0.25) is 5.02 Å². The molecule has 2 aromatic heterocycles. The molecule has 0 radical (unpaired) electrons. The van der Waals surface area contributed by atoms with Crippen LogP contribution in [0, 0.1) is 5.92 Å². The number of nitrogens with one attached hydrogen (secondary N) is 1. The number of carbonyl (C=O) groups is 1. The van der Waals surface area contributed by atoms with Gasteiger partial charge in [0.1, 0.15) is 0 Å². The fourth-order valence-corrected chi connectivity index (χ4v) is 5.59. The predicted molar refractivity (Wildman–Crippen MR) is 169 cm³/mol. The lowest BCUT2D eigenvalue weighted by Crippen LogP contribution is -2.43. The minimum Gasteiger partial charge on any atom is -0.383 e. The maximum absolute atomic E-state index is 13.0. The van der Waals surface area contributed by atoms with Gasteiger partial charge >= 0.3 is 0 Å². The number of piperidine rings is 1. The Labute approximate surface area is 254 Å². The summed E-state index contributed by atoms with van der Waals surface area (Å²) in [5.41, 5.74) is 2.49. The van der Waals surface area contributed by atoms with Gasteiger partial charge in [-0.1, -0.05) is 29.8 Å². The van der Waals surface area contributed by atoms with Crippen LogP contribution in [0.4, 0.5) is 11.4 Å². The second-order valence-corrected chi connectivity index (χ2v) is 11.9. The van der Waals surface area contributed by atoms with Crippen LogP contribution < -0.4 is 15.8 Å². The van der Waals surface area contributed by atoms with Gasteiger partial charge in [0.05, 0.1) is 16.5 Å². The number of benzene rings is 3. The van der Waals surface area contributed by atoms with Crippen molar-refractivity contribution in [2.24, 2.45) is 5.92 Å². The topological polar surface area (TPSA) is 122 Å². The molecular formula is C32H29ClN4O5S. The zero-order valence-electron chi connectivity index (χ0n) is 23.0. The number of aromatic nitrogens is 2. The molecule has 1 amide bonds. The third-order valence-electron chi connectivity index (χ3n) is 7.10. The molecule has 9 nitrogen and oxygen atoms in total. The van der Waals surface area contributed by atoms with E-state index in [1.165, 1.54) is 18.2 Å². The van der Waals surface area contributed by atoms with Gasteiger partial charge in [-0.15, -0.1) is 0 Å². The number of anilines is 2. The molecule has 3 aromatic carbocycles. The molecule has 0 bridgehead atoms. The van der Waals surface area contributed by atoms with Crippen LogP contribution in [0.3, 0.4) is 0 Å². The number of nitrogens with zero attached hydrogens (tertiary/aromatic N) is 3. The number of hydrogen-bond acceptors (Lipinski definition) is 6. The molecule has 1 aliphatic heterocycles. The van der Waals surface area contributed by atoms with Crippen molar-refractivity contribution < 1.29 is 17.8 Å². The van der Waals surface area contributed by atoms with Crippen LogP contribution in [0.15, 0.2) is 119 Å². The largest absolute Gasteiger partial charge is 0.383 e. The first-order valence-corrected chi connectivity index (χ1v) is 15.4. The zero-order chi connectivity index (χ0) is 30.4. The SMILES string of the molecule is O=C1C(CNc2cccnc2)CCCN1c1ccc(-n2ccccc2=O)cc1.O=S(=O)(O)c1ccc2cc(Cl)ccc2c1. The fourth-order valence-electron chi connectivity index (χ4n) is 4.89. The van der Waals surface area contributed by atoms with E-state index in [9.17, 15) is 18.0 Å². The van der Waals surface area contributed by atoms with Gasteiger partial charge in [-0.25, -0.2) is 0 Å². The Hall–Kier alpha value is -4.51. The second-order valence-electron chi connectivity index (χ2n) is 10.0. The van der Waals surface area contributed by atoms with Crippen molar-refractivity contribution in [2.45, 2.75) is 17.7 Å². The Balaban J connectivity index is 0.000000207. The average molecular weight is 617 g/mol. The highest BCUT2D eigenvalue weighted by Gasteiger charge is 2.29. The van der Waals surface area contributed by atoms with E-state index in [1.807, 2.05) is 47.4 Å². The summed E-state index contributed by atoms with van der Waals surface area (Å²) in [6, 6.07) is 25.9. The van der Waals surface area contributed by atoms with E-state index < -0.39 is 10.1 Å². The summed E-state index contributed by atoms with van der Waals surface area (Å²) in [6.45, 7) is 1.31. The summed E-state index contributed by atoms with van der Waals surface area (Å²) in [6.07, 6.45) is 7.07. The van der Waals surface area contributed by atoms with Crippen molar-refractivity contribution >= 4 is 49.8 Å². The van der Waals surface area contributed by atoms with Crippen LogP contribution in [0.5, 0.6) is 0 Å². The molecule has 1 atom stereocenters. The predicted octanol–water partition coefficient (Wildman–Crippen LogP) is 5.83. The van der Waals surface area contributed by atoms with E-state index in [0.29, 0.717) is 18.1 Å². The highest BCUT2D eigenvalue weighted by Crippen LogP contribution is 2.26. The van der Waals surface area contributed by atoms with Crippen LogP contribution in [-0.2, 0) is 14.9 Å². The van der Waals surface area contributed by atoms with Gasteiger partial charge in [-0.2, -0.15) is 8.42 Å². The lowest BCUT2D eigenvalue weighted by Gasteiger charge is -2.32. The van der Waals surface area contributed by atoms with Crippen LogP contribution >= 0.6 is 11.6 Å². The zero-order valence-corrected chi connectivity index (χ0v) is 24.6. The molecule has 3 heterocycles. The van der Waals surface area contributed by atoms with Crippen molar-refractivity contribution in [1.82, 2.24) is 9.55 Å². The number of halogens is 1. The molecule has 5 aromatic rings. The van der Waals surface area contributed by atoms with Gasteiger partial charge < -0.3 is 10.2 Å². The molecule has 1 fully saturated rings. The molecule has 1 aliphatic rings. The summed E-state index contributed by atoms with van der Waals surface area (Å²) in [4.78, 5) is 30.8. The smallest absolute Gasteiger partial charge is 0.294 e. The van der Waals surface area contributed by atoms with Gasteiger partial charge in [0.15, 0.2) is 0 Å². The Morgan fingerprint density at radius 1 is 0.907 bits per heavy atom. The van der Waals surface area contributed by atoms with Crippen molar-refractivity contribution in [1.29, 1.82) is 0 Å². The number of pyridine rings is 2. The van der Waals surface area contributed by atoms with Gasteiger partial charge in [0.25, 0.3) is 15.7 Å². The molecule has 0 aliphatic carbocycles. The first kappa shape index (κ1) is 30.0. The van der Waals surface area contributed by atoms with E-state index >= 15 is 0 Å². The molecule has 2 N–H and O–H groups in total. The lowest BCUT2D eigenvalue weighted by atomic mass is 9.96. The summed E-state index contributed by atoms with van der Waals surface area (Å²) in [7, 11) is -4.14. The number of rotatable bonds is 6. The van der Waals surface area contributed by atoms with Crippen molar-refractivity contribution in [3.8, 4) is 5.69 Å². The maximum Gasteiger partial charge on any atom is 0.294 e. The summed E-state index contributed by atoms with van der Waals surface area (Å²) in [5, 5.41) is 5.44. The Kier molecular flexibility index (Phi) is 9.20. The van der Waals surface area contributed by atoms with Crippen molar-refractivity contribution in [3.63, 3.8) is 0 Å². The Bertz CT molecular complexity index is 1900. The van der Waals surface area contributed by atoms with E-state index in [0.717, 1.165) is 40.7 Å². The fraction of sp³-hybridized carbons (Fsp3) is 0.156. The van der Waals surface area contributed by atoms with Crippen LogP contribution in [-0.4, -0.2) is 41.5 Å². The first-order chi connectivity index (χ1) is 20.7. The normalized spacial score (nSPS) is 15.1. The molecule has 220 valence electrons. The standard InChI is InChI=1S/C22H22N4O2.C10H7ClO3S/c27-21-7-1-2-13-25(21)19-8-10-20(11-9-19)26-14-4-5-17(22(26)28)15-24-18-6-3-12-23-16-18;11-9-3-1-8-6-10(15(12,13)14)4-2-7(8)5-9/h1-3,6-13,16-17,24H,4-5,14-15H2;1-6H,(H,12,13,14). The summed E-state index contributed by atoms with van der Waals surface area (Å²) >= 11 is 5.78. The Morgan fingerprint density at radius 2 is 1.65 bits per heavy atom. The molecule has 43 heavy (non-hydrogen) atoms.